The monoisotopic (exact) mass is 364 g/mol. The largest absolute Gasteiger partial charge is 0.361 e. The third-order valence-corrected chi connectivity index (χ3v) is 6.26. The second-order valence-electron chi connectivity index (χ2n) is 6.13. The van der Waals surface area contributed by atoms with E-state index in [-0.39, 0.29) is 12.3 Å². The lowest BCUT2D eigenvalue weighted by Gasteiger charge is -2.13. The number of carbonyl (C=O) groups excluding carboxylic acids is 1. The van der Waals surface area contributed by atoms with Crippen molar-refractivity contribution >= 4 is 33.2 Å². The third-order valence-electron chi connectivity index (χ3n) is 4.48. The Morgan fingerprint density at radius 3 is 2.32 bits per heavy atom. The lowest BCUT2D eigenvalue weighted by Crippen LogP contribution is -2.32. The van der Waals surface area contributed by atoms with Crippen LogP contribution in [0.15, 0.2) is 16.7 Å². The molecule has 1 N–H and O–H groups in total. The molecule has 1 aromatic carbocycles. The number of rotatable bonds is 3. The minimum Gasteiger partial charge on any atom is -0.361 e. The number of benzene rings is 1. The standard InChI is InChI=1S/C16H20N4O4S/c1-9-6-14-15(20(5)25(22,23)19(14)4)8-13(9)17-16(21)7-12-10(2)18-24-11(12)3/h6,8H,7H2,1-5H3,(H,17,21). The lowest BCUT2D eigenvalue weighted by molar-refractivity contribution is -0.115. The number of hydrogen-bond donors (Lipinski definition) is 1. The van der Waals surface area contributed by atoms with E-state index < -0.39 is 10.2 Å². The van der Waals surface area contributed by atoms with Crippen molar-refractivity contribution in [2.24, 2.45) is 0 Å². The van der Waals surface area contributed by atoms with Gasteiger partial charge >= 0.3 is 10.2 Å². The van der Waals surface area contributed by atoms with Gasteiger partial charge < -0.3 is 9.84 Å². The number of carbonyl (C=O) groups is 1. The van der Waals surface area contributed by atoms with E-state index >= 15 is 0 Å². The predicted molar refractivity (Wildman–Crippen MR) is 95.2 cm³/mol. The average molecular weight is 364 g/mol. The van der Waals surface area contributed by atoms with E-state index in [1.807, 2.05) is 6.92 Å². The highest BCUT2D eigenvalue weighted by atomic mass is 32.2. The van der Waals surface area contributed by atoms with Gasteiger partial charge in [-0.05, 0) is 38.5 Å². The van der Waals surface area contributed by atoms with E-state index in [0.29, 0.717) is 28.5 Å². The normalized spacial score (nSPS) is 15.4. The van der Waals surface area contributed by atoms with Gasteiger partial charge in [0.25, 0.3) is 0 Å². The van der Waals surface area contributed by atoms with Gasteiger partial charge in [0.05, 0.1) is 23.5 Å². The predicted octanol–water partition coefficient (Wildman–Crippen LogP) is 1.91. The second kappa shape index (κ2) is 5.76. The molecule has 8 nitrogen and oxygen atoms in total. The van der Waals surface area contributed by atoms with E-state index in [1.165, 1.54) is 22.7 Å². The molecule has 3 rings (SSSR count). The first kappa shape index (κ1) is 17.3. The molecule has 9 heteroatoms. The number of aromatic nitrogens is 1. The Labute approximate surface area is 146 Å². The minimum atomic E-state index is -3.54. The molecule has 1 aliphatic rings. The van der Waals surface area contributed by atoms with Crippen LogP contribution in [0.2, 0.25) is 0 Å². The van der Waals surface area contributed by atoms with Crippen molar-refractivity contribution in [3.05, 3.63) is 34.7 Å². The first-order valence-electron chi connectivity index (χ1n) is 7.72. The van der Waals surface area contributed by atoms with Gasteiger partial charge in [0.15, 0.2) is 0 Å². The van der Waals surface area contributed by atoms with Gasteiger partial charge in [0, 0.05) is 25.3 Å². The van der Waals surface area contributed by atoms with Crippen LogP contribution in [0.5, 0.6) is 0 Å². The van der Waals surface area contributed by atoms with E-state index in [1.54, 1.807) is 26.0 Å². The molecule has 2 aromatic rings. The van der Waals surface area contributed by atoms with Crippen LogP contribution in [-0.4, -0.2) is 33.6 Å². The SMILES string of the molecule is Cc1cc2c(cc1NC(=O)Cc1c(C)noc1C)N(C)S(=O)(=O)N2C. The Kier molecular flexibility index (Phi) is 3.98. The number of fused-ring (bicyclic) bond motifs is 1. The zero-order valence-electron chi connectivity index (χ0n) is 14.7. The van der Waals surface area contributed by atoms with E-state index in [9.17, 15) is 13.2 Å². The second-order valence-corrected chi connectivity index (χ2v) is 8.12. The number of aryl methyl sites for hydroxylation is 3. The Morgan fingerprint density at radius 1 is 1.16 bits per heavy atom. The van der Waals surface area contributed by atoms with Crippen LogP contribution in [0.4, 0.5) is 17.1 Å². The molecule has 25 heavy (non-hydrogen) atoms. The molecule has 0 atom stereocenters. The summed E-state index contributed by atoms with van der Waals surface area (Å²) >= 11 is 0. The van der Waals surface area contributed by atoms with Crippen molar-refractivity contribution in [2.75, 3.05) is 28.0 Å². The molecule has 1 amide bonds. The van der Waals surface area contributed by atoms with Gasteiger partial charge in [-0.15, -0.1) is 0 Å². The highest BCUT2D eigenvalue weighted by Gasteiger charge is 2.36. The smallest absolute Gasteiger partial charge is 0.326 e. The van der Waals surface area contributed by atoms with E-state index in [0.717, 1.165) is 11.1 Å². The molecule has 0 aliphatic carbocycles. The maximum absolute atomic E-state index is 12.4. The van der Waals surface area contributed by atoms with Gasteiger partial charge in [0.1, 0.15) is 5.76 Å². The first-order valence-corrected chi connectivity index (χ1v) is 9.11. The van der Waals surface area contributed by atoms with Crippen molar-refractivity contribution in [2.45, 2.75) is 27.2 Å². The van der Waals surface area contributed by atoms with Crippen LogP contribution < -0.4 is 13.9 Å². The Hall–Kier alpha value is -2.55. The summed E-state index contributed by atoms with van der Waals surface area (Å²) in [6.45, 7) is 5.37. The summed E-state index contributed by atoms with van der Waals surface area (Å²) in [7, 11) is -0.548. The fraction of sp³-hybridized carbons (Fsp3) is 0.375. The maximum atomic E-state index is 12.4. The fourth-order valence-electron chi connectivity index (χ4n) is 2.86. The zero-order chi connectivity index (χ0) is 18.5. The maximum Gasteiger partial charge on any atom is 0.326 e. The van der Waals surface area contributed by atoms with Crippen molar-refractivity contribution in [1.82, 2.24) is 5.16 Å². The van der Waals surface area contributed by atoms with Gasteiger partial charge in [0.2, 0.25) is 5.91 Å². The summed E-state index contributed by atoms with van der Waals surface area (Å²) in [5, 5.41) is 6.69. The van der Waals surface area contributed by atoms with Crippen molar-refractivity contribution in [3.8, 4) is 0 Å². The summed E-state index contributed by atoms with van der Waals surface area (Å²) in [5.41, 5.74) is 3.92. The van der Waals surface area contributed by atoms with Gasteiger partial charge in [-0.1, -0.05) is 5.16 Å². The summed E-state index contributed by atoms with van der Waals surface area (Å²) in [6, 6.07) is 3.43. The first-order chi connectivity index (χ1) is 11.6. The van der Waals surface area contributed by atoms with Gasteiger partial charge in [-0.2, -0.15) is 8.42 Å². The summed E-state index contributed by atoms with van der Waals surface area (Å²) in [4.78, 5) is 12.4. The fourth-order valence-corrected chi connectivity index (χ4v) is 4.02. The van der Waals surface area contributed by atoms with Gasteiger partial charge in [-0.3, -0.25) is 13.4 Å². The molecule has 0 spiro atoms. The van der Waals surface area contributed by atoms with Crippen molar-refractivity contribution < 1.29 is 17.7 Å². The van der Waals surface area contributed by atoms with Crippen LogP contribution in [0.25, 0.3) is 0 Å². The third kappa shape index (κ3) is 2.74. The Bertz CT molecular complexity index is 945. The van der Waals surface area contributed by atoms with Crippen LogP contribution in [0.3, 0.4) is 0 Å². The van der Waals surface area contributed by atoms with Crippen LogP contribution in [0, 0.1) is 20.8 Å². The molecular weight excluding hydrogens is 344 g/mol. The van der Waals surface area contributed by atoms with E-state index in [4.69, 9.17) is 4.52 Å². The quantitative estimate of drug-likeness (QED) is 0.897. The van der Waals surface area contributed by atoms with E-state index in [2.05, 4.69) is 10.5 Å². The highest BCUT2D eigenvalue weighted by molar-refractivity contribution is 7.94. The highest BCUT2D eigenvalue weighted by Crippen LogP contribution is 2.41. The summed E-state index contributed by atoms with van der Waals surface area (Å²) in [6.07, 6.45) is 0.145. The molecule has 134 valence electrons. The van der Waals surface area contributed by atoms with Crippen molar-refractivity contribution in [1.29, 1.82) is 0 Å². The number of amides is 1. The minimum absolute atomic E-state index is 0.145. The van der Waals surface area contributed by atoms with Crippen LogP contribution in [-0.2, 0) is 21.4 Å². The summed E-state index contributed by atoms with van der Waals surface area (Å²) < 4.78 is 32.0. The molecule has 0 saturated carbocycles. The van der Waals surface area contributed by atoms with Crippen molar-refractivity contribution in [3.63, 3.8) is 0 Å². The van der Waals surface area contributed by atoms with Crippen LogP contribution >= 0.6 is 0 Å². The topological polar surface area (TPSA) is 95.7 Å². The molecule has 0 radical (unpaired) electrons. The Morgan fingerprint density at radius 2 is 1.76 bits per heavy atom. The Balaban J connectivity index is 1.88. The molecule has 0 bridgehead atoms. The molecule has 1 aliphatic heterocycles. The zero-order valence-corrected chi connectivity index (χ0v) is 15.6. The summed E-state index contributed by atoms with van der Waals surface area (Å²) in [5.74, 6) is 0.403. The molecule has 0 saturated heterocycles. The molecule has 2 heterocycles. The number of nitrogens with zero attached hydrogens (tertiary/aromatic N) is 3. The van der Waals surface area contributed by atoms with Crippen LogP contribution in [0.1, 0.15) is 22.6 Å². The average Bonchev–Trinajstić information content (AvgIpc) is 2.93. The lowest BCUT2D eigenvalue weighted by atomic mass is 10.1. The molecule has 0 fully saturated rings. The molecule has 0 unspecified atom stereocenters. The van der Waals surface area contributed by atoms with Gasteiger partial charge in [-0.25, -0.2) is 0 Å². The number of anilines is 3. The number of nitrogens with one attached hydrogen (secondary N) is 1. The molecule has 1 aromatic heterocycles. The molecular formula is C16H20N4O4S. The number of hydrogen-bond acceptors (Lipinski definition) is 5.